The number of nitrogens with zero attached hydrogens (tertiary/aromatic N) is 1. The van der Waals surface area contributed by atoms with Crippen LogP contribution in [0.5, 0.6) is 0 Å². The van der Waals surface area contributed by atoms with Crippen LogP contribution in [0, 0.1) is 0 Å². The van der Waals surface area contributed by atoms with Gasteiger partial charge in [-0.15, -0.1) is 4.84 Å². The number of carbonyl (C=O) groups is 1. The van der Waals surface area contributed by atoms with E-state index in [0.717, 1.165) is 38.5 Å². The van der Waals surface area contributed by atoms with E-state index < -0.39 is 11.2 Å². The van der Waals surface area contributed by atoms with Crippen molar-refractivity contribution in [1.82, 2.24) is 5.32 Å². The van der Waals surface area contributed by atoms with Crippen LogP contribution in [0.2, 0.25) is 0 Å². The van der Waals surface area contributed by atoms with Gasteiger partial charge >= 0.3 is 6.09 Å². The average molecular weight is 333 g/mol. The van der Waals surface area contributed by atoms with E-state index in [1.54, 1.807) is 6.92 Å². The van der Waals surface area contributed by atoms with Crippen LogP contribution in [-0.2, 0) is 19.4 Å². The summed E-state index contributed by atoms with van der Waals surface area (Å²) in [5, 5.41) is 1.43. The zero-order valence-corrected chi connectivity index (χ0v) is 15.1. The SMILES string of the molecule is C=C(C)NC(=O)O[N+](OCCCC)(OCCCC)OCCCC. The number of hydrogen-bond donors (Lipinski definition) is 1. The van der Waals surface area contributed by atoms with Crippen LogP contribution in [0.4, 0.5) is 4.79 Å². The molecule has 0 fully saturated rings. The minimum absolute atomic E-state index is 0.356. The number of rotatable bonds is 14. The molecule has 23 heavy (non-hydrogen) atoms. The van der Waals surface area contributed by atoms with Gasteiger partial charge in [0.2, 0.25) is 0 Å². The molecule has 7 heteroatoms. The Bertz CT molecular complexity index is 310. The van der Waals surface area contributed by atoms with Gasteiger partial charge in [-0.05, 0) is 26.2 Å². The van der Waals surface area contributed by atoms with Crippen molar-refractivity contribution in [2.75, 3.05) is 19.8 Å². The summed E-state index contributed by atoms with van der Waals surface area (Å²) < 4.78 is 0. The molecule has 0 saturated carbocycles. The smallest absolute Gasteiger partial charge is 0.291 e. The van der Waals surface area contributed by atoms with E-state index in [1.165, 1.54) is 0 Å². The molecule has 0 aliphatic carbocycles. The quantitative estimate of drug-likeness (QED) is 0.293. The van der Waals surface area contributed by atoms with E-state index in [9.17, 15) is 4.79 Å². The van der Waals surface area contributed by atoms with E-state index >= 15 is 0 Å². The molecule has 0 aliphatic rings. The normalized spacial score (nSPS) is 11.3. The van der Waals surface area contributed by atoms with E-state index in [-0.39, 0.29) is 0 Å². The lowest BCUT2D eigenvalue weighted by atomic mass is 10.4. The van der Waals surface area contributed by atoms with Gasteiger partial charge in [0.05, 0.1) is 0 Å². The number of quaternary nitrogens is 1. The fourth-order valence-electron chi connectivity index (χ4n) is 1.45. The molecule has 7 nitrogen and oxygen atoms in total. The second-order valence-electron chi connectivity index (χ2n) is 5.29. The molecule has 136 valence electrons. The summed E-state index contributed by atoms with van der Waals surface area (Å²) in [5.41, 5.74) is 0.462. The predicted molar refractivity (Wildman–Crippen MR) is 87.3 cm³/mol. The zero-order valence-electron chi connectivity index (χ0n) is 15.1. The lowest BCUT2D eigenvalue weighted by Crippen LogP contribution is -2.51. The number of allylic oxidation sites excluding steroid dienone is 1. The van der Waals surface area contributed by atoms with Crippen LogP contribution in [0.25, 0.3) is 0 Å². The highest BCUT2D eigenvalue weighted by atomic mass is 17.4. The fraction of sp³-hybridized carbons (Fsp3) is 0.812. The van der Waals surface area contributed by atoms with Crippen molar-refractivity contribution in [2.24, 2.45) is 0 Å². The Hall–Kier alpha value is -1.15. The topological polar surface area (TPSA) is 66.0 Å². The van der Waals surface area contributed by atoms with Crippen molar-refractivity contribution in [3.63, 3.8) is 0 Å². The maximum absolute atomic E-state index is 11.9. The Kier molecular flexibility index (Phi) is 12.6. The summed E-state index contributed by atoms with van der Waals surface area (Å²) >= 11 is 0. The molecular weight excluding hydrogens is 300 g/mol. The molecular formula is C16H33N2O5+. The molecule has 0 saturated heterocycles. The van der Waals surface area contributed by atoms with Crippen LogP contribution < -0.4 is 5.32 Å². The molecule has 0 atom stereocenters. The highest BCUT2D eigenvalue weighted by Gasteiger charge is 2.42. The maximum Gasteiger partial charge on any atom is 0.480 e. The molecule has 0 aromatic rings. The largest absolute Gasteiger partial charge is 0.480 e. The minimum Gasteiger partial charge on any atom is -0.291 e. The third-order valence-electron chi connectivity index (χ3n) is 2.75. The third-order valence-corrected chi connectivity index (χ3v) is 2.75. The van der Waals surface area contributed by atoms with Crippen molar-refractivity contribution in [2.45, 2.75) is 66.2 Å². The molecule has 0 unspecified atom stereocenters. The van der Waals surface area contributed by atoms with E-state index in [1.807, 2.05) is 20.8 Å². The Labute approximate surface area is 139 Å². The molecule has 1 N–H and O–H groups in total. The van der Waals surface area contributed by atoms with Crippen LogP contribution >= 0.6 is 0 Å². The summed E-state index contributed by atoms with van der Waals surface area (Å²) in [4.78, 5) is 34.0. The standard InChI is InChI=1S/C16H32N2O5/c1-6-9-12-20-18(21-13-10-7-2,22-14-11-8-3)23-16(19)17-15(4)5/h4,6-14H2,1-3,5H3/p+1. The van der Waals surface area contributed by atoms with Crippen LogP contribution in [-0.4, -0.2) is 31.1 Å². The number of amides is 1. The summed E-state index contributed by atoms with van der Waals surface area (Å²) in [5.74, 6) is 0. The molecule has 0 aliphatic heterocycles. The lowest BCUT2D eigenvalue weighted by Gasteiger charge is -2.24. The summed E-state index contributed by atoms with van der Waals surface area (Å²) in [6.45, 7) is 12.5. The molecule has 0 rings (SSSR count). The lowest BCUT2D eigenvalue weighted by molar-refractivity contribution is -1.46. The predicted octanol–water partition coefficient (Wildman–Crippen LogP) is 4.17. The maximum atomic E-state index is 11.9. The van der Waals surface area contributed by atoms with Gasteiger partial charge in [0, 0.05) is 5.70 Å². The van der Waals surface area contributed by atoms with Crippen molar-refractivity contribution in [3.8, 4) is 0 Å². The first-order valence-corrected chi connectivity index (χ1v) is 8.48. The number of hydrogen-bond acceptors (Lipinski definition) is 5. The van der Waals surface area contributed by atoms with Crippen LogP contribution in [0.1, 0.15) is 66.2 Å². The van der Waals surface area contributed by atoms with Crippen LogP contribution in [0.15, 0.2) is 12.3 Å². The van der Waals surface area contributed by atoms with Gasteiger partial charge in [0.15, 0.2) is 0 Å². The first-order valence-electron chi connectivity index (χ1n) is 8.48. The Morgan fingerprint density at radius 2 is 1.30 bits per heavy atom. The van der Waals surface area contributed by atoms with Crippen molar-refractivity contribution < 1.29 is 29.3 Å². The fourth-order valence-corrected chi connectivity index (χ4v) is 1.45. The van der Waals surface area contributed by atoms with Gasteiger partial charge < -0.3 is 0 Å². The van der Waals surface area contributed by atoms with Crippen molar-refractivity contribution in [3.05, 3.63) is 12.3 Å². The zero-order chi connectivity index (χ0) is 17.6. The van der Waals surface area contributed by atoms with Gasteiger partial charge in [-0.25, -0.2) is 4.79 Å². The van der Waals surface area contributed by atoms with Gasteiger partial charge in [-0.1, -0.05) is 61.1 Å². The highest BCUT2D eigenvalue weighted by molar-refractivity contribution is 5.68. The monoisotopic (exact) mass is 333 g/mol. The van der Waals surface area contributed by atoms with E-state index in [2.05, 4.69) is 11.9 Å². The van der Waals surface area contributed by atoms with Gasteiger partial charge in [-0.2, -0.15) is 0 Å². The number of unbranched alkanes of at least 4 members (excludes halogenated alkanes) is 3. The van der Waals surface area contributed by atoms with Crippen molar-refractivity contribution in [1.29, 1.82) is 0 Å². The van der Waals surface area contributed by atoms with E-state index in [4.69, 9.17) is 19.4 Å². The first kappa shape index (κ1) is 21.9. The molecule has 0 aromatic carbocycles. The summed E-state index contributed by atoms with van der Waals surface area (Å²) in [6.07, 6.45) is 4.52. The third kappa shape index (κ3) is 11.1. The molecule has 0 spiro atoms. The Morgan fingerprint density at radius 1 is 0.913 bits per heavy atom. The first-order chi connectivity index (χ1) is 11.0. The van der Waals surface area contributed by atoms with E-state index in [0.29, 0.717) is 25.5 Å². The summed E-state index contributed by atoms with van der Waals surface area (Å²) in [7, 11) is 0. The minimum atomic E-state index is -1.03. The Balaban J connectivity index is 4.91. The van der Waals surface area contributed by atoms with Crippen molar-refractivity contribution >= 4 is 6.09 Å². The molecule has 0 bridgehead atoms. The van der Waals surface area contributed by atoms with Gasteiger partial charge in [0.1, 0.15) is 19.8 Å². The number of carbonyl (C=O) groups excluding carboxylic acids is 1. The second kappa shape index (κ2) is 13.3. The Morgan fingerprint density at radius 3 is 1.61 bits per heavy atom. The molecule has 0 aromatic heterocycles. The molecule has 0 heterocycles. The highest BCUT2D eigenvalue weighted by Crippen LogP contribution is 2.16. The summed E-state index contributed by atoms with van der Waals surface area (Å²) in [6, 6.07) is 0. The van der Waals surface area contributed by atoms with Gasteiger partial charge in [-0.3, -0.25) is 5.32 Å². The molecule has 0 radical (unpaired) electrons. The van der Waals surface area contributed by atoms with Crippen LogP contribution in [0.3, 0.4) is 0 Å². The number of nitrogens with one attached hydrogen (secondary N) is 1. The average Bonchev–Trinajstić information content (AvgIpc) is 2.47. The second-order valence-corrected chi connectivity index (χ2v) is 5.29. The molecule has 1 amide bonds. The van der Waals surface area contributed by atoms with Gasteiger partial charge in [0.25, 0.3) is 5.14 Å².